The molecule has 1 fully saturated rings. The van der Waals surface area contributed by atoms with E-state index in [0.717, 1.165) is 4.47 Å². The van der Waals surface area contributed by atoms with E-state index in [1.54, 1.807) is 15.5 Å². The van der Waals surface area contributed by atoms with Gasteiger partial charge >= 0.3 is 0 Å². The normalized spacial score (nSPS) is 20.1. The summed E-state index contributed by atoms with van der Waals surface area (Å²) in [5, 5.41) is 8.79. The van der Waals surface area contributed by atoms with E-state index in [1.807, 2.05) is 19.3 Å². The van der Waals surface area contributed by atoms with Gasteiger partial charge in [-0.25, -0.2) is 0 Å². The Kier molecular flexibility index (Phi) is 3.50. The van der Waals surface area contributed by atoms with E-state index in [-0.39, 0.29) is 5.91 Å². The molecule has 0 spiro atoms. The van der Waals surface area contributed by atoms with Crippen molar-refractivity contribution in [2.75, 3.05) is 19.7 Å². The Morgan fingerprint density at radius 3 is 3.06 bits per heavy atom. The third kappa shape index (κ3) is 2.51. The fourth-order valence-electron chi connectivity index (χ4n) is 1.81. The minimum absolute atomic E-state index is 0.0678. The van der Waals surface area contributed by atoms with E-state index in [1.165, 1.54) is 0 Å². The van der Waals surface area contributed by atoms with Crippen molar-refractivity contribution in [2.24, 2.45) is 7.05 Å². The highest BCUT2D eigenvalue weighted by Crippen LogP contribution is 2.16. The maximum Gasteiger partial charge on any atom is 0.270 e. The van der Waals surface area contributed by atoms with Gasteiger partial charge in [0.2, 0.25) is 0 Å². The van der Waals surface area contributed by atoms with Gasteiger partial charge in [-0.3, -0.25) is 4.79 Å². The smallest absolute Gasteiger partial charge is 0.270 e. The van der Waals surface area contributed by atoms with Crippen LogP contribution in [0.15, 0.2) is 16.7 Å². The second-order valence-electron chi connectivity index (χ2n) is 3.89. The van der Waals surface area contributed by atoms with Crippen LogP contribution in [0, 0.1) is 11.3 Å². The summed E-state index contributed by atoms with van der Waals surface area (Å²) in [7, 11) is 1.82. The minimum Gasteiger partial charge on any atom is -0.360 e. The predicted octanol–water partition coefficient (Wildman–Crippen LogP) is 1.15. The zero-order valence-corrected chi connectivity index (χ0v) is 11.0. The molecule has 1 aliphatic rings. The number of nitriles is 1. The van der Waals surface area contributed by atoms with Gasteiger partial charge in [-0.15, -0.1) is 0 Å². The molecule has 1 saturated heterocycles. The van der Waals surface area contributed by atoms with Crippen LogP contribution in [0.2, 0.25) is 0 Å². The Hall–Kier alpha value is -1.32. The van der Waals surface area contributed by atoms with Crippen LogP contribution in [0.1, 0.15) is 10.5 Å². The fraction of sp³-hybridized carbons (Fsp3) is 0.455. The van der Waals surface area contributed by atoms with E-state index >= 15 is 0 Å². The molecule has 5 nitrogen and oxygen atoms in total. The number of halogens is 1. The molecule has 6 heteroatoms. The van der Waals surface area contributed by atoms with Gasteiger partial charge in [0.15, 0.2) is 6.10 Å². The quantitative estimate of drug-likeness (QED) is 0.781. The Labute approximate surface area is 108 Å². The molecule has 17 heavy (non-hydrogen) atoms. The summed E-state index contributed by atoms with van der Waals surface area (Å²) in [5.41, 5.74) is 0.607. The lowest BCUT2D eigenvalue weighted by molar-refractivity contribution is 0.00304. The third-order valence-electron chi connectivity index (χ3n) is 2.69. The van der Waals surface area contributed by atoms with Crippen LogP contribution in [-0.4, -0.2) is 41.2 Å². The molecule has 1 atom stereocenters. The van der Waals surface area contributed by atoms with Gasteiger partial charge in [0.1, 0.15) is 5.69 Å². The average molecular weight is 298 g/mol. The Bertz CT molecular complexity index is 478. The topological polar surface area (TPSA) is 58.3 Å². The maximum atomic E-state index is 12.2. The number of aromatic nitrogens is 1. The van der Waals surface area contributed by atoms with Gasteiger partial charge in [-0.05, 0) is 22.0 Å². The number of aryl methyl sites for hydroxylation is 1. The van der Waals surface area contributed by atoms with E-state index in [9.17, 15) is 4.79 Å². The molecule has 1 aromatic rings. The molecule has 1 aliphatic heterocycles. The predicted molar refractivity (Wildman–Crippen MR) is 64.4 cm³/mol. The number of carbonyl (C=O) groups excluding carboxylic acids is 1. The zero-order chi connectivity index (χ0) is 12.4. The molecule has 0 aliphatic carbocycles. The maximum absolute atomic E-state index is 12.2. The number of morpholine rings is 1. The van der Waals surface area contributed by atoms with Crippen LogP contribution in [0.3, 0.4) is 0 Å². The summed E-state index contributed by atoms with van der Waals surface area (Å²) in [6.07, 6.45) is 1.31. The highest BCUT2D eigenvalue weighted by molar-refractivity contribution is 9.10. The first-order valence-corrected chi connectivity index (χ1v) is 6.03. The van der Waals surface area contributed by atoms with Crippen molar-refractivity contribution >= 4 is 21.8 Å². The zero-order valence-electron chi connectivity index (χ0n) is 9.39. The molecule has 1 unspecified atom stereocenters. The van der Waals surface area contributed by atoms with Crippen LogP contribution < -0.4 is 0 Å². The number of ether oxygens (including phenoxy) is 1. The molecule has 2 rings (SSSR count). The Morgan fingerprint density at radius 1 is 1.71 bits per heavy atom. The summed E-state index contributed by atoms with van der Waals surface area (Å²) < 4.78 is 7.84. The van der Waals surface area contributed by atoms with E-state index < -0.39 is 6.10 Å². The molecule has 0 radical (unpaired) electrons. The molecule has 90 valence electrons. The summed E-state index contributed by atoms with van der Waals surface area (Å²) >= 11 is 3.33. The SMILES string of the molecule is Cn1cc(Br)cc1C(=O)N1CCOC(C#N)C1. The number of amides is 1. The van der Waals surface area contributed by atoms with Gasteiger partial charge in [-0.1, -0.05) is 0 Å². The van der Waals surface area contributed by atoms with E-state index in [2.05, 4.69) is 15.9 Å². The second-order valence-corrected chi connectivity index (χ2v) is 4.81. The summed E-state index contributed by atoms with van der Waals surface area (Å²) in [6.45, 7) is 1.27. The number of carbonyl (C=O) groups is 1. The van der Waals surface area contributed by atoms with Gasteiger partial charge in [-0.2, -0.15) is 5.26 Å². The second kappa shape index (κ2) is 4.90. The van der Waals surface area contributed by atoms with Crippen molar-refractivity contribution in [3.05, 3.63) is 22.4 Å². The van der Waals surface area contributed by atoms with Crippen molar-refractivity contribution < 1.29 is 9.53 Å². The Balaban J connectivity index is 2.15. The fourth-order valence-corrected chi connectivity index (χ4v) is 2.33. The number of rotatable bonds is 1. The largest absolute Gasteiger partial charge is 0.360 e. The molecule has 1 amide bonds. The van der Waals surface area contributed by atoms with Crippen LogP contribution in [0.25, 0.3) is 0 Å². The highest BCUT2D eigenvalue weighted by Gasteiger charge is 2.26. The van der Waals surface area contributed by atoms with Gasteiger partial charge in [0, 0.05) is 24.3 Å². The molecule has 2 heterocycles. The van der Waals surface area contributed by atoms with Gasteiger partial charge < -0.3 is 14.2 Å². The van der Waals surface area contributed by atoms with Crippen LogP contribution in [0.4, 0.5) is 0 Å². The van der Waals surface area contributed by atoms with Gasteiger partial charge in [0.05, 0.1) is 19.2 Å². The highest BCUT2D eigenvalue weighted by atomic mass is 79.9. The lowest BCUT2D eigenvalue weighted by Crippen LogP contribution is -2.45. The van der Waals surface area contributed by atoms with E-state index in [0.29, 0.717) is 25.4 Å². The van der Waals surface area contributed by atoms with Crippen molar-refractivity contribution in [1.82, 2.24) is 9.47 Å². The van der Waals surface area contributed by atoms with Crippen LogP contribution in [-0.2, 0) is 11.8 Å². The lowest BCUT2D eigenvalue weighted by atomic mass is 10.2. The molecule has 0 saturated carbocycles. The van der Waals surface area contributed by atoms with Crippen LogP contribution in [0.5, 0.6) is 0 Å². The number of nitrogens with zero attached hydrogens (tertiary/aromatic N) is 3. The van der Waals surface area contributed by atoms with Crippen molar-refractivity contribution in [1.29, 1.82) is 5.26 Å². The summed E-state index contributed by atoms with van der Waals surface area (Å²) in [4.78, 5) is 13.9. The monoisotopic (exact) mass is 297 g/mol. The summed E-state index contributed by atoms with van der Waals surface area (Å²) in [6, 6.07) is 3.80. The number of hydrogen-bond donors (Lipinski definition) is 0. The molecule has 0 aromatic carbocycles. The lowest BCUT2D eigenvalue weighted by Gasteiger charge is -2.29. The summed E-state index contributed by atoms with van der Waals surface area (Å²) in [5.74, 6) is -0.0678. The molecular weight excluding hydrogens is 286 g/mol. The van der Waals surface area contributed by atoms with Gasteiger partial charge in [0.25, 0.3) is 5.91 Å². The molecule has 0 N–H and O–H groups in total. The van der Waals surface area contributed by atoms with Crippen molar-refractivity contribution in [3.63, 3.8) is 0 Å². The van der Waals surface area contributed by atoms with Crippen LogP contribution >= 0.6 is 15.9 Å². The molecular formula is C11H12BrN3O2. The first kappa shape index (κ1) is 12.1. The standard InChI is InChI=1S/C11H12BrN3O2/c1-14-6-8(12)4-10(14)11(16)15-2-3-17-9(5-13)7-15/h4,6,9H,2-3,7H2,1H3. The van der Waals surface area contributed by atoms with Crippen molar-refractivity contribution in [3.8, 4) is 6.07 Å². The van der Waals surface area contributed by atoms with E-state index in [4.69, 9.17) is 10.00 Å². The average Bonchev–Trinajstić information content (AvgIpc) is 2.67. The molecule has 1 aromatic heterocycles. The number of hydrogen-bond acceptors (Lipinski definition) is 3. The molecule has 0 bridgehead atoms. The first-order chi connectivity index (χ1) is 8.11. The third-order valence-corrected chi connectivity index (χ3v) is 3.12. The Morgan fingerprint density at radius 2 is 2.47 bits per heavy atom. The van der Waals surface area contributed by atoms with Crippen molar-refractivity contribution in [2.45, 2.75) is 6.10 Å². The first-order valence-electron chi connectivity index (χ1n) is 5.24. The minimum atomic E-state index is -0.517.